The zero-order valence-electron chi connectivity index (χ0n) is 16.3. The highest BCUT2D eigenvalue weighted by Crippen LogP contribution is 2.49. The Balaban J connectivity index is 1.53. The van der Waals surface area contributed by atoms with E-state index >= 15 is 0 Å². The van der Waals surface area contributed by atoms with Crippen LogP contribution in [-0.4, -0.2) is 36.4 Å². The summed E-state index contributed by atoms with van der Waals surface area (Å²) in [6, 6.07) is 6.31. The molecule has 2 aromatic rings. The molecule has 1 spiro atoms. The van der Waals surface area contributed by atoms with E-state index in [1.807, 2.05) is 18.5 Å². The summed E-state index contributed by atoms with van der Waals surface area (Å²) in [4.78, 5) is 4.48. The molecule has 2 fully saturated rings. The van der Waals surface area contributed by atoms with Crippen molar-refractivity contribution in [1.29, 1.82) is 0 Å². The summed E-state index contributed by atoms with van der Waals surface area (Å²) in [5, 5.41) is 9.69. The van der Waals surface area contributed by atoms with Gasteiger partial charge in [0.2, 0.25) is 0 Å². The molecule has 3 heterocycles. The first-order valence-corrected chi connectivity index (χ1v) is 10.3. The van der Waals surface area contributed by atoms with Crippen molar-refractivity contribution in [3.8, 4) is 22.6 Å². The monoisotopic (exact) mass is 379 g/mol. The molecule has 1 aliphatic carbocycles. The molecule has 1 aromatic heterocycles. The van der Waals surface area contributed by atoms with E-state index in [9.17, 15) is 5.02 Å². The Labute approximate surface area is 166 Å². The molecular formula is C22H26BNO4. The highest BCUT2D eigenvalue weighted by Gasteiger charge is 2.41. The number of pyridine rings is 1. The van der Waals surface area contributed by atoms with Crippen molar-refractivity contribution < 1.29 is 19.2 Å². The van der Waals surface area contributed by atoms with Gasteiger partial charge in [0.1, 0.15) is 5.60 Å². The molecule has 2 aliphatic heterocycles. The van der Waals surface area contributed by atoms with E-state index in [0.717, 1.165) is 53.9 Å². The van der Waals surface area contributed by atoms with Crippen molar-refractivity contribution >= 4 is 7.12 Å². The predicted molar refractivity (Wildman–Crippen MR) is 108 cm³/mol. The average Bonchev–Trinajstić information content (AvgIpc) is 3.36. The van der Waals surface area contributed by atoms with Crippen molar-refractivity contribution in [2.75, 3.05) is 13.7 Å². The van der Waals surface area contributed by atoms with E-state index in [1.54, 1.807) is 7.11 Å². The third-order valence-electron chi connectivity index (χ3n) is 6.63. The van der Waals surface area contributed by atoms with Crippen LogP contribution in [0.4, 0.5) is 0 Å². The van der Waals surface area contributed by atoms with Crippen LogP contribution in [0.25, 0.3) is 11.1 Å². The first kappa shape index (κ1) is 18.0. The highest BCUT2D eigenvalue weighted by atomic mass is 16.5. The molecular weight excluding hydrogens is 353 g/mol. The molecule has 1 aromatic carbocycles. The predicted octanol–water partition coefficient (Wildman–Crippen LogP) is 3.99. The first-order chi connectivity index (χ1) is 13.7. The number of fused-ring (bicyclic) bond motifs is 1. The third-order valence-corrected chi connectivity index (χ3v) is 6.63. The Bertz CT molecular complexity index is 881. The molecule has 1 atom stereocenters. The van der Waals surface area contributed by atoms with Gasteiger partial charge in [-0.2, -0.15) is 0 Å². The summed E-state index contributed by atoms with van der Waals surface area (Å²) in [5.74, 6) is 1.92. The second-order valence-corrected chi connectivity index (χ2v) is 8.34. The molecule has 3 aliphatic rings. The Kier molecular flexibility index (Phi) is 4.56. The van der Waals surface area contributed by atoms with Crippen LogP contribution in [0.2, 0.25) is 6.32 Å². The van der Waals surface area contributed by atoms with Crippen LogP contribution in [0.15, 0.2) is 30.6 Å². The van der Waals surface area contributed by atoms with Gasteiger partial charge in [-0.05, 0) is 68.1 Å². The van der Waals surface area contributed by atoms with Gasteiger partial charge < -0.3 is 19.2 Å². The molecule has 1 saturated carbocycles. The lowest BCUT2D eigenvalue weighted by Crippen LogP contribution is -2.36. The standard InChI is InChI=1S/C22H26BNO4/c1-26-20-5-4-18(19-6-9-22(28-21(19)20)7-2-3-8-22)16-10-15(12-24-13-16)17-11-23(25)27-14-17/h4-5,10,12-13,17,25H,2-3,6-9,11,14H2,1H3/t17-/m0/s1. The molecule has 6 heteroatoms. The molecule has 5 nitrogen and oxygen atoms in total. The number of ether oxygens (including phenoxy) is 2. The van der Waals surface area contributed by atoms with Crippen LogP contribution >= 0.6 is 0 Å². The summed E-state index contributed by atoms with van der Waals surface area (Å²) in [6.07, 6.45) is 11.3. The number of hydrogen-bond donors (Lipinski definition) is 1. The summed E-state index contributed by atoms with van der Waals surface area (Å²) in [6.45, 7) is 0.540. The van der Waals surface area contributed by atoms with Crippen molar-refractivity contribution in [1.82, 2.24) is 4.98 Å². The second-order valence-electron chi connectivity index (χ2n) is 8.34. The van der Waals surface area contributed by atoms with Gasteiger partial charge in [0.05, 0.1) is 7.11 Å². The van der Waals surface area contributed by atoms with Gasteiger partial charge in [0.15, 0.2) is 11.5 Å². The zero-order chi connectivity index (χ0) is 19.1. The fraction of sp³-hybridized carbons (Fsp3) is 0.500. The summed E-state index contributed by atoms with van der Waals surface area (Å²) < 4.78 is 17.6. The first-order valence-electron chi connectivity index (χ1n) is 10.3. The molecule has 1 saturated heterocycles. The molecule has 5 rings (SSSR count). The Hall–Kier alpha value is -2.05. The average molecular weight is 379 g/mol. The van der Waals surface area contributed by atoms with Gasteiger partial charge in [-0.25, -0.2) is 0 Å². The van der Waals surface area contributed by atoms with Crippen molar-refractivity contribution in [2.24, 2.45) is 0 Å². The number of aromatic nitrogens is 1. The van der Waals surface area contributed by atoms with Crippen LogP contribution in [-0.2, 0) is 11.1 Å². The molecule has 0 unspecified atom stereocenters. The lowest BCUT2D eigenvalue weighted by atomic mass is 9.79. The lowest BCUT2D eigenvalue weighted by molar-refractivity contribution is 0.0501. The topological polar surface area (TPSA) is 60.8 Å². The molecule has 0 radical (unpaired) electrons. The van der Waals surface area contributed by atoms with Gasteiger partial charge in [-0.1, -0.05) is 6.07 Å². The van der Waals surface area contributed by atoms with Crippen molar-refractivity contribution in [3.63, 3.8) is 0 Å². The summed E-state index contributed by atoms with van der Waals surface area (Å²) in [5.41, 5.74) is 4.58. The van der Waals surface area contributed by atoms with E-state index in [4.69, 9.17) is 14.1 Å². The van der Waals surface area contributed by atoms with Crippen LogP contribution in [0.5, 0.6) is 11.5 Å². The minimum Gasteiger partial charge on any atom is -0.493 e. The maximum atomic E-state index is 9.69. The normalized spacial score (nSPS) is 22.9. The van der Waals surface area contributed by atoms with Crippen molar-refractivity contribution in [3.05, 3.63) is 41.7 Å². The zero-order valence-corrected chi connectivity index (χ0v) is 16.3. The number of hydrogen-bond acceptors (Lipinski definition) is 5. The van der Waals surface area contributed by atoms with Gasteiger partial charge in [0.25, 0.3) is 0 Å². The van der Waals surface area contributed by atoms with Crippen LogP contribution in [0, 0.1) is 0 Å². The van der Waals surface area contributed by atoms with Crippen LogP contribution < -0.4 is 9.47 Å². The van der Waals surface area contributed by atoms with Crippen molar-refractivity contribution in [2.45, 2.75) is 56.4 Å². The van der Waals surface area contributed by atoms with E-state index < -0.39 is 7.12 Å². The molecule has 146 valence electrons. The fourth-order valence-electron chi connectivity index (χ4n) is 5.06. The van der Waals surface area contributed by atoms with Crippen LogP contribution in [0.1, 0.15) is 49.1 Å². The smallest absolute Gasteiger partial charge is 0.454 e. The number of benzene rings is 1. The number of rotatable bonds is 3. The maximum absolute atomic E-state index is 9.69. The van der Waals surface area contributed by atoms with Gasteiger partial charge in [0, 0.05) is 36.0 Å². The van der Waals surface area contributed by atoms with E-state index in [1.165, 1.54) is 18.4 Å². The summed E-state index contributed by atoms with van der Waals surface area (Å²) in [7, 11) is 1.04. The Morgan fingerprint density at radius 2 is 2.07 bits per heavy atom. The SMILES string of the molecule is COc1ccc(-c2cncc([C@@H]3COB(O)C3)c2)c2c1OC1(CCCC1)CC2. The maximum Gasteiger partial charge on any atom is 0.454 e. The Morgan fingerprint density at radius 1 is 1.21 bits per heavy atom. The summed E-state index contributed by atoms with van der Waals surface area (Å²) >= 11 is 0. The fourth-order valence-corrected chi connectivity index (χ4v) is 5.06. The van der Waals surface area contributed by atoms with Gasteiger partial charge in [-0.15, -0.1) is 0 Å². The molecule has 28 heavy (non-hydrogen) atoms. The minimum atomic E-state index is -0.668. The Morgan fingerprint density at radius 3 is 2.82 bits per heavy atom. The van der Waals surface area contributed by atoms with Crippen LogP contribution in [0.3, 0.4) is 0 Å². The van der Waals surface area contributed by atoms with E-state index in [-0.39, 0.29) is 11.5 Å². The third kappa shape index (κ3) is 3.09. The van der Waals surface area contributed by atoms with E-state index in [2.05, 4.69) is 17.1 Å². The molecule has 0 amide bonds. The second kappa shape index (κ2) is 7.09. The van der Waals surface area contributed by atoms with E-state index in [0.29, 0.717) is 12.9 Å². The largest absolute Gasteiger partial charge is 0.493 e. The number of methoxy groups -OCH3 is 1. The van der Waals surface area contributed by atoms with Gasteiger partial charge >= 0.3 is 7.12 Å². The lowest BCUT2D eigenvalue weighted by Gasteiger charge is -2.37. The highest BCUT2D eigenvalue weighted by molar-refractivity contribution is 6.43. The molecule has 1 N–H and O–H groups in total. The minimum absolute atomic E-state index is 0.00364. The van der Waals surface area contributed by atoms with Gasteiger partial charge in [-0.3, -0.25) is 4.98 Å². The molecule has 0 bridgehead atoms. The number of nitrogens with zero attached hydrogens (tertiary/aromatic N) is 1. The quantitative estimate of drug-likeness (QED) is 0.818.